The number of amides is 3. The molecule has 5 nitrogen and oxygen atoms in total. The maximum absolute atomic E-state index is 12.3. The minimum atomic E-state index is -1.13. The predicted molar refractivity (Wildman–Crippen MR) is 89.5 cm³/mol. The average molecular weight is 318 g/mol. The van der Waals surface area contributed by atoms with E-state index in [-0.39, 0.29) is 22.5 Å². The van der Waals surface area contributed by atoms with Gasteiger partial charge in [-0.3, -0.25) is 10.1 Å². The normalized spacial score (nSPS) is 22.0. The number of benzene rings is 1. The predicted octanol–water partition coefficient (Wildman–Crippen LogP) is 3.04. The number of phenols is 1. The molecule has 1 unspecified atom stereocenters. The molecule has 1 aliphatic rings. The van der Waals surface area contributed by atoms with Gasteiger partial charge in [0.05, 0.1) is 0 Å². The van der Waals surface area contributed by atoms with Crippen LogP contribution in [-0.2, 0) is 21.2 Å². The van der Waals surface area contributed by atoms with E-state index in [0.29, 0.717) is 5.56 Å². The summed E-state index contributed by atoms with van der Waals surface area (Å²) in [6.07, 6.45) is 0. The first-order valence-corrected chi connectivity index (χ1v) is 7.79. The fourth-order valence-corrected chi connectivity index (χ4v) is 2.81. The molecule has 126 valence electrons. The van der Waals surface area contributed by atoms with E-state index < -0.39 is 11.6 Å². The number of carbonyl (C=O) groups is 2. The van der Waals surface area contributed by atoms with Gasteiger partial charge in [0.15, 0.2) is 0 Å². The molecule has 5 heteroatoms. The van der Waals surface area contributed by atoms with Gasteiger partial charge in [0, 0.05) is 0 Å². The van der Waals surface area contributed by atoms with Crippen LogP contribution in [-0.4, -0.2) is 17.0 Å². The molecule has 1 aliphatic heterocycles. The molecule has 0 bridgehead atoms. The van der Waals surface area contributed by atoms with Crippen molar-refractivity contribution in [1.82, 2.24) is 10.6 Å². The maximum Gasteiger partial charge on any atom is 0.322 e. The maximum atomic E-state index is 12.3. The number of nitrogens with one attached hydrogen (secondary N) is 2. The van der Waals surface area contributed by atoms with E-state index in [1.54, 1.807) is 6.92 Å². The van der Waals surface area contributed by atoms with E-state index in [1.807, 2.05) is 53.7 Å². The third kappa shape index (κ3) is 2.92. The van der Waals surface area contributed by atoms with Gasteiger partial charge in [0.2, 0.25) is 0 Å². The molecule has 0 spiro atoms. The molecule has 1 heterocycles. The quantitative estimate of drug-likeness (QED) is 0.696. The lowest BCUT2D eigenvalue weighted by molar-refractivity contribution is -0.123. The molecule has 1 aromatic carbocycles. The standard InChI is InChI=1S/C18H26N2O3/c1-16(2,3)11-8-10(9-12(13(11)21)17(4,5)6)18(7)14(22)19-15(23)20-18/h8-9,21H,1-7H3,(H2,19,20,22,23). The van der Waals surface area contributed by atoms with E-state index >= 15 is 0 Å². The summed E-state index contributed by atoms with van der Waals surface area (Å²) in [5.41, 5.74) is 0.467. The van der Waals surface area contributed by atoms with Crippen molar-refractivity contribution in [3.8, 4) is 5.75 Å². The Hall–Kier alpha value is -2.04. The van der Waals surface area contributed by atoms with Crippen LogP contribution in [0.2, 0.25) is 0 Å². The Bertz CT molecular complexity index is 645. The summed E-state index contributed by atoms with van der Waals surface area (Å²) in [6.45, 7) is 13.7. The molecule has 1 atom stereocenters. The zero-order valence-corrected chi connectivity index (χ0v) is 14.9. The van der Waals surface area contributed by atoms with Gasteiger partial charge >= 0.3 is 6.03 Å². The number of carbonyl (C=O) groups excluding carboxylic acids is 2. The minimum absolute atomic E-state index is 0.252. The number of phenolic OH excluding ortho intramolecular Hbond substituents is 1. The number of imide groups is 1. The first kappa shape index (κ1) is 17.3. The van der Waals surface area contributed by atoms with E-state index in [2.05, 4.69) is 10.6 Å². The van der Waals surface area contributed by atoms with Gasteiger partial charge in [-0.2, -0.15) is 0 Å². The van der Waals surface area contributed by atoms with Crippen LogP contribution in [0.25, 0.3) is 0 Å². The zero-order valence-electron chi connectivity index (χ0n) is 14.9. The molecule has 0 radical (unpaired) electrons. The molecule has 0 aromatic heterocycles. The third-order valence-electron chi connectivity index (χ3n) is 4.35. The van der Waals surface area contributed by atoms with Crippen molar-refractivity contribution in [2.45, 2.75) is 64.8 Å². The number of aromatic hydroxyl groups is 1. The Labute approximate surface area is 137 Å². The van der Waals surface area contributed by atoms with E-state index in [9.17, 15) is 14.7 Å². The SMILES string of the molecule is CC(C)(C)c1cc(C2(C)NC(=O)NC2=O)cc(C(C)(C)C)c1O. The summed E-state index contributed by atoms with van der Waals surface area (Å²) in [5, 5.41) is 15.7. The van der Waals surface area contributed by atoms with Gasteiger partial charge in [-0.15, -0.1) is 0 Å². The highest BCUT2D eigenvalue weighted by atomic mass is 16.3. The lowest BCUT2D eigenvalue weighted by Gasteiger charge is -2.31. The highest BCUT2D eigenvalue weighted by Gasteiger charge is 2.44. The number of urea groups is 1. The van der Waals surface area contributed by atoms with Crippen LogP contribution in [0.4, 0.5) is 4.79 Å². The molecule has 1 saturated heterocycles. The second-order valence-electron chi connectivity index (χ2n) is 8.45. The van der Waals surface area contributed by atoms with Crippen molar-refractivity contribution in [2.24, 2.45) is 0 Å². The minimum Gasteiger partial charge on any atom is -0.507 e. The molecular formula is C18H26N2O3. The fraction of sp³-hybridized carbons (Fsp3) is 0.556. The van der Waals surface area contributed by atoms with Gasteiger partial charge in [-0.25, -0.2) is 4.79 Å². The molecular weight excluding hydrogens is 292 g/mol. The highest BCUT2D eigenvalue weighted by molar-refractivity contribution is 6.07. The lowest BCUT2D eigenvalue weighted by atomic mass is 9.76. The van der Waals surface area contributed by atoms with Crippen molar-refractivity contribution in [3.63, 3.8) is 0 Å². The largest absolute Gasteiger partial charge is 0.507 e. The molecule has 2 rings (SSSR count). The van der Waals surface area contributed by atoms with Gasteiger partial charge in [-0.05, 0) is 46.6 Å². The smallest absolute Gasteiger partial charge is 0.322 e. The molecule has 23 heavy (non-hydrogen) atoms. The van der Waals surface area contributed by atoms with E-state index in [4.69, 9.17) is 0 Å². The van der Waals surface area contributed by atoms with Gasteiger partial charge in [-0.1, -0.05) is 41.5 Å². The average Bonchev–Trinajstić information content (AvgIpc) is 2.60. The van der Waals surface area contributed by atoms with E-state index in [0.717, 1.165) is 11.1 Å². The fourth-order valence-electron chi connectivity index (χ4n) is 2.81. The Kier molecular flexibility index (Phi) is 3.75. The molecule has 0 aliphatic carbocycles. The van der Waals surface area contributed by atoms with Crippen LogP contribution < -0.4 is 10.6 Å². The summed E-state index contributed by atoms with van der Waals surface area (Å²) in [7, 11) is 0. The van der Waals surface area contributed by atoms with Crippen molar-refractivity contribution in [2.75, 3.05) is 0 Å². The number of rotatable bonds is 1. The monoisotopic (exact) mass is 318 g/mol. The van der Waals surface area contributed by atoms with Crippen molar-refractivity contribution >= 4 is 11.9 Å². The van der Waals surface area contributed by atoms with Crippen LogP contribution in [0.5, 0.6) is 5.75 Å². The Morgan fingerprint density at radius 1 is 0.957 bits per heavy atom. The first-order valence-electron chi connectivity index (χ1n) is 7.79. The van der Waals surface area contributed by atoms with Gasteiger partial charge in [0.25, 0.3) is 5.91 Å². The number of hydrogen-bond acceptors (Lipinski definition) is 3. The Morgan fingerprint density at radius 2 is 1.39 bits per heavy atom. The van der Waals surface area contributed by atoms with E-state index in [1.165, 1.54) is 0 Å². The lowest BCUT2D eigenvalue weighted by Crippen LogP contribution is -2.41. The molecule has 1 aromatic rings. The summed E-state index contributed by atoms with van der Waals surface area (Å²) in [4.78, 5) is 23.8. The van der Waals surface area contributed by atoms with Crippen LogP contribution in [0.3, 0.4) is 0 Å². The van der Waals surface area contributed by atoms with Crippen molar-refractivity contribution < 1.29 is 14.7 Å². The topological polar surface area (TPSA) is 78.4 Å². The Morgan fingerprint density at radius 3 is 1.70 bits per heavy atom. The molecule has 3 amide bonds. The second-order valence-corrected chi connectivity index (χ2v) is 8.45. The Balaban J connectivity index is 2.76. The van der Waals surface area contributed by atoms with Crippen molar-refractivity contribution in [1.29, 1.82) is 0 Å². The second kappa shape index (κ2) is 4.98. The van der Waals surface area contributed by atoms with Gasteiger partial charge < -0.3 is 10.4 Å². The van der Waals surface area contributed by atoms with Crippen LogP contribution in [0.1, 0.15) is 65.2 Å². The third-order valence-corrected chi connectivity index (χ3v) is 4.35. The first-order chi connectivity index (χ1) is 10.3. The van der Waals surface area contributed by atoms with Crippen molar-refractivity contribution in [3.05, 3.63) is 28.8 Å². The zero-order chi connectivity index (χ0) is 17.8. The summed E-state index contributed by atoms with van der Waals surface area (Å²) >= 11 is 0. The van der Waals surface area contributed by atoms with Crippen LogP contribution >= 0.6 is 0 Å². The molecule has 0 saturated carbocycles. The highest BCUT2D eigenvalue weighted by Crippen LogP contribution is 2.42. The summed E-state index contributed by atoms with van der Waals surface area (Å²) in [5.74, 6) is -0.130. The summed E-state index contributed by atoms with van der Waals surface area (Å²) in [6, 6.07) is 3.13. The van der Waals surface area contributed by atoms with Crippen LogP contribution in [0.15, 0.2) is 12.1 Å². The molecule has 1 fully saturated rings. The summed E-state index contributed by atoms with van der Waals surface area (Å²) < 4.78 is 0. The van der Waals surface area contributed by atoms with Gasteiger partial charge in [0.1, 0.15) is 11.3 Å². The molecule has 3 N–H and O–H groups in total. The van der Waals surface area contributed by atoms with Crippen LogP contribution in [0, 0.1) is 0 Å². The number of hydrogen-bond donors (Lipinski definition) is 3.